The van der Waals surface area contributed by atoms with E-state index in [1.165, 1.54) is 0 Å². The summed E-state index contributed by atoms with van der Waals surface area (Å²) in [6.45, 7) is 6.58. The third-order valence-corrected chi connectivity index (χ3v) is 5.40. The Kier molecular flexibility index (Phi) is 4.74. The van der Waals surface area contributed by atoms with Crippen LogP contribution in [-0.4, -0.2) is 35.1 Å². The first-order valence-corrected chi connectivity index (χ1v) is 9.18. The second-order valence-electron chi connectivity index (χ2n) is 7.74. The van der Waals surface area contributed by atoms with Gasteiger partial charge in [0.2, 0.25) is 0 Å². The number of amides is 1. The van der Waals surface area contributed by atoms with Crippen LogP contribution in [0.15, 0.2) is 6.07 Å². The number of nitrogens with zero attached hydrogens (tertiary/aromatic N) is 2. The van der Waals surface area contributed by atoms with Crippen LogP contribution in [0.3, 0.4) is 0 Å². The lowest BCUT2D eigenvalue weighted by Gasteiger charge is -2.25. The lowest BCUT2D eigenvalue weighted by atomic mass is 10.0. The number of anilines is 1. The number of alkyl carbamates (subject to hydrolysis) is 1. The van der Waals surface area contributed by atoms with Crippen molar-refractivity contribution in [2.75, 3.05) is 12.4 Å². The number of carbonyl (C=O) groups excluding carboxylic acids is 1. The van der Waals surface area contributed by atoms with Gasteiger partial charge in [-0.05, 0) is 52.4 Å². The zero-order valence-electron chi connectivity index (χ0n) is 15.3. The number of carbonyl (C=O) groups is 1. The van der Waals surface area contributed by atoms with Crippen molar-refractivity contribution < 1.29 is 9.53 Å². The minimum atomic E-state index is -0.253. The lowest BCUT2D eigenvalue weighted by molar-refractivity contribution is 0.0996. The molecule has 2 aliphatic carbocycles. The van der Waals surface area contributed by atoms with Gasteiger partial charge in [-0.25, -0.2) is 9.48 Å². The lowest BCUT2D eigenvalue weighted by Crippen LogP contribution is -2.29. The Labute approximate surface area is 144 Å². The molecule has 1 aromatic heterocycles. The maximum absolute atomic E-state index is 11.8. The minimum Gasteiger partial charge on any atom is -0.446 e. The Bertz CT molecular complexity index is 592. The van der Waals surface area contributed by atoms with Crippen molar-refractivity contribution in [1.82, 2.24) is 15.1 Å². The fourth-order valence-electron chi connectivity index (χ4n) is 3.28. The second-order valence-corrected chi connectivity index (χ2v) is 7.74. The van der Waals surface area contributed by atoms with E-state index < -0.39 is 0 Å². The van der Waals surface area contributed by atoms with Crippen LogP contribution in [0.1, 0.15) is 70.9 Å². The molecule has 2 saturated carbocycles. The van der Waals surface area contributed by atoms with Crippen LogP contribution in [0.25, 0.3) is 0 Å². The molecule has 0 bridgehead atoms. The second kappa shape index (κ2) is 6.65. The van der Waals surface area contributed by atoms with E-state index in [1.807, 2.05) is 7.05 Å². The predicted octanol–water partition coefficient (Wildman–Crippen LogP) is 3.59. The average molecular weight is 334 g/mol. The summed E-state index contributed by atoms with van der Waals surface area (Å²) >= 11 is 0. The summed E-state index contributed by atoms with van der Waals surface area (Å²) in [5, 5.41) is 11.0. The molecule has 0 unspecified atom stereocenters. The molecule has 1 amide bonds. The molecule has 1 heterocycles. The molecule has 2 N–H and O–H groups in total. The van der Waals surface area contributed by atoms with E-state index >= 15 is 0 Å². The molecule has 0 aromatic carbocycles. The van der Waals surface area contributed by atoms with Crippen LogP contribution >= 0.6 is 0 Å². The normalized spacial score (nSPS) is 24.0. The number of ether oxygens (including phenoxy) is 1. The highest BCUT2D eigenvalue weighted by Crippen LogP contribution is 2.37. The summed E-state index contributed by atoms with van der Waals surface area (Å²) in [4.78, 5) is 11.8. The van der Waals surface area contributed by atoms with E-state index in [1.54, 1.807) is 0 Å². The topological polar surface area (TPSA) is 68.2 Å². The van der Waals surface area contributed by atoms with Crippen LogP contribution in [0, 0.1) is 0 Å². The van der Waals surface area contributed by atoms with E-state index in [0.717, 1.165) is 50.0 Å². The number of nitrogens with one attached hydrogen (secondary N) is 2. The number of aromatic nitrogens is 2. The molecule has 0 saturated heterocycles. The first-order chi connectivity index (χ1) is 11.4. The van der Waals surface area contributed by atoms with E-state index in [2.05, 4.69) is 42.2 Å². The Morgan fingerprint density at radius 3 is 2.75 bits per heavy atom. The first-order valence-electron chi connectivity index (χ1n) is 9.18. The molecule has 6 nitrogen and oxygen atoms in total. The molecule has 1 aromatic rings. The maximum atomic E-state index is 11.8. The molecule has 3 rings (SSSR count). The van der Waals surface area contributed by atoms with Gasteiger partial charge in [0.1, 0.15) is 11.9 Å². The van der Waals surface area contributed by atoms with Crippen molar-refractivity contribution in [3.63, 3.8) is 0 Å². The van der Waals surface area contributed by atoms with Gasteiger partial charge < -0.3 is 15.4 Å². The van der Waals surface area contributed by atoms with Gasteiger partial charge in [-0.15, -0.1) is 0 Å². The van der Waals surface area contributed by atoms with Crippen molar-refractivity contribution in [3.05, 3.63) is 11.8 Å². The zero-order valence-corrected chi connectivity index (χ0v) is 15.3. The van der Waals surface area contributed by atoms with Gasteiger partial charge in [-0.2, -0.15) is 5.10 Å². The molecule has 134 valence electrons. The van der Waals surface area contributed by atoms with Gasteiger partial charge in [0.05, 0.1) is 11.2 Å². The van der Waals surface area contributed by atoms with E-state index in [-0.39, 0.29) is 17.7 Å². The molecule has 0 radical (unpaired) electrons. The first kappa shape index (κ1) is 17.1. The SMILES string of the molecule is CCC(C)(C)n1nc([C@H]2CC[C@@H](OC(=O)NC3CC3)C2)cc1NC. The van der Waals surface area contributed by atoms with Gasteiger partial charge in [0.15, 0.2) is 0 Å². The zero-order chi connectivity index (χ0) is 17.3. The number of rotatable bonds is 6. The Morgan fingerprint density at radius 2 is 2.12 bits per heavy atom. The molecule has 0 spiro atoms. The smallest absolute Gasteiger partial charge is 0.407 e. The molecule has 6 heteroatoms. The molecular weight excluding hydrogens is 304 g/mol. The molecule has 0 aliphatic heterocycles. The van der Waals surface area contributed by atoms with Gasteiger partial charge in [-0.3, -0.25) is 0 Å². The summed E-state index contributed by atoms with van der Waals surface area (Å²) in [6.07, 6.45) is 5.74. The molecule has 24 heavy (non-hydrogen) atoms. The predicted molar refractivity (Wildman–Crippen MR) is 94.4 cm³/mol. The standard InChI is InChI=1S/C18H30N4O2/c1-5-18(2,3)22-16(19-4)11-15(21-22)12-6-9-14(10-12)24-17(23)20-13-7-8-13/h11-14,19H,5-10H2,1-4H3,(H,20,23)/t12-,14+/m0/s1. The molecular formula is C18H30N4O2. The van der Waals surface area contributed by atoms with Gasteiger partial charge in [-0.1, -0.05) is 6.92 Å². The Balaban J connectivity index is 1.63. The number of hydrogen-bond acceptors (Lipinski definition) is 4. The summed E-state index contributed by atoms with van der Waals surface area (Å²) < 4.78 is 7.66. The van der Waals surface area contributed by atoms with Gasteiger partial charge in [0, 0.05) is 25.1 Å². The fraction of sp³-hybridized carbons (Fsp3) is 0.778. The highest BCUT2D eigenvalue weighted by molar-refractivity contribution is 5.68. The van der Waals surface area contributed by atoms with Crippen molar-refractivity contribution in [3.8, 4) is 0 Å². The summed E-state index contributed by atoms with van der Waals surface area (Å²) in [7, 11) is 1.94. The summed E-state index contributed by atoms with van der Waals surface area (Å²) in [6, 6.07) is 2.49. The average Bonchev–Trinajstić information content (AvgIpc) is 3.07. The Hall–Kier alpha value is -1.72. The van der Waals surface area contributed by atoms with E-state index in [4.69, 9.17) is 9.84 Å². The summed E-state index contributed by atoms with van der Waals surface area (Å²) in [5.74, 6) is 1.41. The third-order valence-electron chi connectivity index (χ3n) is 5.40. The molecule has 2 atom stereocenters. The summed E-state index contributed by atoms with van der Waals surface area (Å²) in [5.41, 5.74) is 1.09. The fourth-order valence-corrected chi connectivity index (χ4v) is 3.28. The maximum Gasteiger partial charge on any atom is 0.407 e. The molecule has 2 aliphatic rings. The Morgan fingerprint density at radius 1 is 1.38 bits per heavy atom. The van der Waals surface area contributed by atoms with Crippen molar-refractivity contribution >= 4 is 11.9 Å². The van der Waals surface area contributed by atoms with Gasteiger partial charge in [0.25, 0.3) is 0 Å². The molecule has 2 fully saturated rings. The van der Waals surface area contributed by atoms with Crippen LogP contribution in [-0.2, 0) is 10.3 Å². The monoisotopic (exact) mass is 334 g/mol. The van der Waals surface area contributed by atoms with Gasteiger partial charge >= 0.3 is 6.09 Å². The van der Waals surface area contributed by atoms with E-state index in [0.29, 0.717) is 12.0 Å². The highest BCUT2D eigenvalue weighted by atomic mass is 16.6. The van der Waals surface area contributed by atoms with Crippen LogP contribution < -0.4 is 10.6 Å². The third kappa shape index (κ3) is 3.68. The van der Waals surface area contributed by atoms with Crippen LogP contribution in [0.5, 0.6) is 0 Å². The van der Waals surface area contributed by atoms with Crippen molar-refractivity contribution in [2.24, 2.45) is 0 Å². The largest absolute Gasteiger partial charge is 0.446 e. The number of hydrogen-bond donors (Lipinski definition) is 2. The van der Waals surface area contributed by atoms with Crippen LogP contribution in [0.2, 0.25) is 0 Å². The van der Waals surface area contributed by atoms with Crippen LogP contribution in [0.4, 0.5) is 10.6 Å². The van der Waals surface area contributed by atoms with Crippen molar-refractivity contribution in [2.45, 2.75) is 82.9 Å². The minimum absolute atomic E-state index is 0.0103. The van der Waals surface area contributed by atoms with E-state index in [9.17, 15) is 4.79 Å². The van der Waals surface area contributed by atoms with Crippen molar-refractivity contribution in [1.29, 1.82) is 0 Å². The highest BCUT2D eigenvalue weighted by Gasteiger charge is 2.33. The quantitative estimate of drug-likeness (QED) is 0.834.